The van der Waals surface area contributed by atoms with Crippen molar-refractivity contribution in [2.75, 3.05) is 0 Å². The smallest absolute Gasteiger partial charge is 0 e. The molecule has 2 nitrogen and oxygen atoms in total. The van der Waals surface area contributed by atoms with Crippen molar-refractivity contribution in [2.24, 2.45) is 0 Å². The molecule has 0 bridgehead atoms. The Hall–Kier alpha value is 1.13. The Bertz CT molecular complexity index is 6.00. The van der Waals surface area contributed by atoms with Gasteiger partial charge in [-0.25, -0.2) is 0 Å². The first-order valence-corrected chi connectivity index (χ1v) is 0. The summed E-state index contributed by atoms with van der Waals surface area (Å²) in [5.74, 6) is 0. The third kappa shape index (κ3) is 11.1. The fourth-order valence-electron chi connectivity index (χ4n) is 0. The van der Waals surface area contributed by atoms with Crippen molar-refractivity contribution in [1.82, 2.24) is 0 Å². The molecular formula is H4CdClO2-. The zero-order chi connectivity index (χ0) is 0. The first-order chi connectivity index (χ1) is 0. The Morgan fingerprint density at radius 1 is 0.750 bits per heavy atom. The van der Waals surface area contributed by atoms with E-state index in [1.165, 1.54) is 0 Å². The van der Waals surface area contributed by atoms with Crippen LogP contribution in [0, 0.1) is 0 Å². The molecule has 0 radical (unpaired) electrons. The van der Waals surface area contributed by atoms with Gasteiger partial charge in [0.2, 0.25) is 0 Å². The fourth-order valence-corrected chi connectivity index (χ4v) is 0. The Labute approximate surface area is 50.8 Å². The van der Waals surface area contributed by atoms with Crippen LogP contribution in [0.1, 0.15) is 0 Å². The number of rotatable bonds is 0. The minimum absolute atomic E-state index is 0. The number of halogens is 1. The summed E-state index contributed by atoms with van der Waals surface area (Å²) in [5.41, 5.74) is 0. The zero-order valence-corrected chi connectivity index (χ0v) is 6.88. The normalized spacial score (nSPS) is 0. The van der Waals surface area contributed by atoms with E-state index in [-0.39, 0.29) is 50.7 Å². The second kappa shape index (κ2) is 31.6. The summed E-state index contributed by atoms with van der Waals surface area (Å²) in [7, 11) is 0. The van der Waals surface area contributed by atoms with Crippen LogP contribution in [0.15, 0.2) is 0 Å². The van der Waals surface area contributed by atoms with Gasteiger partial charge in [0.25, 0.3) is 0 Å². The maximum atomic E-state index is 0. The maximum absolute atomic E-state index is 0. The average Bonchev–Trinajstić information content (AvgIpc) is 0. The molecule has 0 spiro atoms. The van der Waals surface area contributed by atoms with Gasteiger partial charge < -0.3 is 23.4 Å². The van der Waals surface area contributed by atoms with Crippen LogP contribution in [0.3, 0.4) is 0 Å². The summed E-state index contributed by atoms with van der Waals surface area (Å²) in [5, 5.41) is 0. The second-order valence-electron chi connectivity index (χ2n) is 0. The largest absolute Gasteiger partial charge is 1.00 e. The minimum atomic E-state index is 0. The first-order valence-electron chi connectivity index (χ1n) is 0. The Morgan fingerprint density at radius 2 is 0.750 bits per heavy atom. The van der Waals surface area contributed by atoms with E-state index in [9.17, 15) is 0 Å². The van der Waals surface area contributed by atoms with E-state index >= 15 is 0 Å². The second-order valence-corrected chi connectivity index (χ2v) is 0. The Balaban J connectivity index is 0. The van der Waals surface area contributed by atoms with Crippen molar-refractivity contribution in [3.05, 3.63) is 0 Å². The Morgan fingerprint density at radius 3 is 0.750 bits per heavy atom. The summed E-state index contributed by atoms with van der Waals surface area (Å²) in [6.07, 6.45) is 0. The molecule has 0 unspecified atom stereocenters. The maximum Gasteiger partial charge on any atom is 0 e. The monoisotopic (exact) mass is 185 g/mol. The van der Waals surface area contributed by atoms with Crippen molar-refractivity contribution < 1.29 is 50.7 Å². The van der Waals surface area contributed by atoms with Crippen LogP contribution in [0.2, 0.25) is 0 Å². The molecule has 0 saturated carbocycles. The molecule has 0 saturated heterocycles. The van der Waals surface area contributed by atoms with E-state index in [0.717, 1.165) is 0 Å². The van der Waals surface area contributed by atoms with E-state index < -0.39 is 0 Å². The Kier molecular flexibility index (Phi) is 541. The van der Waals surface area contributed by atoms with Crippen molar-refractivity contribution in [3.8, 4) is 0 Å². The molecule has 4 N–H and O–H groups in total. The van der Waals surface area contributed by atoms with Crippen molar-refractivity contribution in [3.63, 3.8) is 0 Å². The van der Waals surface area contributed by atoms with Gasteiger partial charge >= 0.3 is 0 Å². The first kappa shape index (κ1) is 68.4. The van der Waals surface area contributed by atoms with Gasteiger partial charge in [-0.05, 0) is 0 Å². The van der Waals surface area contributed by atoms with Crippen LogP contribution < -0.4 is 12.4 Å². The molecule has 0 heterocycles. The minimum Gasteiger partial charge on any atom is -1.00 e. The van der Waals surface area contributed by atoms with Crippen LogP contribution in [0.25, 0.3) is 0 Å². The van der Waals surface area contributed by atoms with Gasteiger partial charge in [-0.1, -0.05) is 0 Å². The summed E-state index contributed by atoms with van der Waals surface area (Å²) in [6, 6.07) is 0. The topological polar surface area (TPSA) is 63.0 Å². The van der Waals surface area contributed by atoms with Gasteiger partial charge in [-0.3, -0.25) is 0 Å². The van der Waals surface area contributed by atoms with Crippen molar-refractivity contribution in [1.29, 1.82) is 0 Å². The van der Waals surface area contributed by atoms with Crippen LogP contribution in [0.4, 0.5) is 0 Å². The quantitative estimate of drug-likeness (QED) is 0.340. The summed E-state index contributed by atoms with van der Waals surface area (Å²) >= 11 is 0. The molecular weight excluding hydrogens is 180 g/mol. The molecule has 0 rings (SSSR count). The van der Waals surface area contributed by atoms with Crippen LogP contribution in [-0.4, -0.2) is 11.0 Å². The molecule has 0 aliphatic heterocycles. The molecule has 4 heteroatoms. The summed E-state index contributed by atoms with van der Waals surface area (Å²) in [4.78, 5) is 0. The van der Waals surface area contributed by atoms with E-state index in [2.05, 4.69) is 0 Å². The van der Waals surface area contributed by atoms with Crippen LogP contribution in [-0.2, 0) is 27.3 Å². The molecule has 0 aromatic heterocycles. The predicted octanol–water partition coefficient (Wildman–Crippen LogP) is -4.65. The third-order valence-corrected chi connectivity index (χ3v) is 0. The van der Waals surface area contributed by atoms with Gasteiger partial charge in [0.15, 0.2) is 0 Å². The third-order valence-electron chi connectivity index (χ3n) is 0. The average molecular weight is 184 g/mol. The van der Waals surface area contributed by atoms with Gasteiger partial charge in [-0.2, -0.15) is 0 Å². The van der Waals surface area contributed by atoms with Gasteiger partial charge in [0.05, 0.1) is 0 Å². The molecule has 4 heavy (non-hydrogen) atoms. The predicted molar refractivity (Wildman–Crippen MR) is 7.23 cm³/mol. The molecule has 0 aromatic rings. The molecule has 0 aliphatic carbocycles. The molecule has 0 fully saturated rings. The SMILES string of the molecule is O.O.[Cd].[Cl-]. The summed E-state index contributed by atoms with van der Waals surface area (Å²) in [6.45, 7) is 0. The van der Waals surface area contributed by atoms with E-state index in [4.69, 9.17) is 0 Å². The standard InChI is InChI=1S/Cd.ClH.2H2O/h;1H;2*1H2/p-1. The molecule has 0 amide bonds. The van der Waals surface area contributed by atoms with E-state index in [0.29, 0.717) is 0 Å². The van der Waals surface area contributed by atoms with Gasteiger partial charge in [0, 0.05) is 27.3 Å². The fraction of sp³-hybridized carbons (Fsp3) is 0. The van der Waals surface area contributed by atoms with Crippen molar-refractivity contribution in [2.45, 2.75) is 0 Å². The molecule has 0 aromatic carbocycles. The van der Waals surface area contributed by atoms with Crippen LogP contribution in [0.5, 0.6) is 0 Å². The molecule has 26 valence electrons. The van der Waals surface area contributed by atoms with E-state index in [1.54, 1.807) is 0 Å². The number of hydrogen-bond donors (Lipinski definition) is 0. The zero-order valence-electron chi connectivity index (χ0n) is 2.09. The van der Waals surface area contributed by atoms with Crippen molar-refractivity contribution >= 4 is 0 Å². The van der Waals surface area contributed by atoms with Gasteiger partial charge in [-0.15, -0.1) is 0 Å². The summed E-state index contributed by atoms with van der Waals surface area (Å²) < 4.78 is 0. The van der Waals surface area contributed by atoms with Crippen LogP contribution >= 0.6 is 0 Å². The van der Waals surface area contributed by atoms with Gasteiger partial charge in [0.1, 0.15) is 0 Å². The molecule has 0 atom stereocenters. The number of hydrogen-bond acceptors (Lipinski definition) is 0. The van der Waals surface area contributed by atoms with E-state index in [1.807, 2.05) is 0 Å². The molecule has 0 aliphatic rings.